The summed E-state index contributed by atoms with van der Waals surface area (Å²) in [6, 6.07) is 10.4. The van der Waals surface area contributed by atoms with Gasteiger partial charge in [0.1, 0.15) is 0 Å². The predicted octanol–water partition coefficient (Wildman–Crippen LogP) is 3.78. The molecule has 0 aromatic heterocycles. The first-order valence-corrected chi connectivity index (χ1v) is 11.8. The molecule has 0 saturated heterocycles. The number of amides is 2. The zero-order valence-electron chi connectivity index (χ0n) is 16.8. The minimum atomic E-state index is -3.70. The molecule has 2 amide bonds. The Morgan fingerprint density at radius 3 is 2.66 bits per heavy atom. The van der Waals surface area contributed by atoms with E-state index in [0.717, 1.165) is 16.0 Å². The molecule has 0 radical (unpaired) electrons. The Balaban J connectivity index is 1.75. The van der Waals surface area contributed by atoms with Crippen LogP contribution >= 0.6 is 11.8 Å². The summed E-state index contributed by atoms with van der Waals surface area (Å²) in [5, 5.41) is 5.34. The van der Waals surface area contributed by atoms with E-state index in [1.807, 2.05) is 32.0 Å². The van der Waals surface area contributed by atoms with Crippen LogP contribution in [0.4, 0.5) is 11.4 Å². The highest BCUT2D eigenvalue weighted by molar-refractivity contribution is 8.01. The Hall–Kier alpha value is -2.32. The zero-order chi connectivity index (χ0) is 21.3. The number of sulfone groups is 1. The highest BCUT2D eigenvalue weighted by Gasteiger charge is 2.27. The second kappa shape index (κ2) is 8.20. The third-order valence-corrected chi connectivity index (χ3v) is 7.90. The minimum absolute atomic E-state index is 0.0955. The summed E-state index contributed by atoms with van der Waals surface area (Å²) in [5.74, 6) is -1.56. The molecule has 1 heterocycles. The molecule has 1 aliphatic rings. The van der Waals surface area contributed by atoms with Crippen molar-refractivity contribution in [3.8, 4) is 0 Å². The van der Waals surface area contributed by atoms with E-state index < -0.39 is 15.8 Å². The van der Waals surface area contributed by atoms with Gasteiger partial charge in [-0.05, 0) is 56.2 Å². The Morgan fingerprint density at radius 2 is 1.93 bits per heavy atom. The van der Waals surface area contributed by atoms with Crippen molar-refractivity contribution in [2.75, 3.05) is 16.4 Å². The molecule has 2 aromatic carbocycles. The second-order valence-corrected chi connectivity index (χ2v) is 10.8. The summed E-state index contributed by atoms with van der Waals surface area (Å²) in [7, 11) is -3.70. The number of benzene rings is 2. The van der Waals surface area contributed by atoms with E-state index in [-0.39, 0.29) is 27.7 Å². The fourth-order valence-corrected chi connectivity index (χ4v) is 5.51. The highest BCUT2D eigenvalue weighted by atomic mass is 32.2. The van der Waals surface area contributed by atoms with Crippen LogP contribution in [-0.4, -0.2) is 31.2 Å². The first-order valence-electron chi connectivity index (χ1n) is 9.29. The van der Waals surface area contributed by atoms with Gasteiger partial charge in [-0.1, -0.05) is 19.1 Å². The normalized spacial score (nSPS) is 17.2. The molecule has 0 aliphatic carbocycles. The Kier molecular flexibility index (Phi) is 6.05. The van der Waals surface area contributed by atoms with Crippen LogP contribution in [0, 0.1) is 19.8 Å². The number of nitrogens with one attached hydrogen (secondary N) is 2. The number of aryl methyl sites for hydroxylation is 2. The van der Waals surface area contributed by atoms with Gasteiger partial charge >= 0.3 is 0 Å². The molecule has 2 N–H and O–H groups in total. The number of carbonyl (C=O) groups is 2. The van der Waals surface area contributed by atoms with Crippen molar-refractivity contribution in [2.24, 2.45) is 5.92 Å². The van der Waals surface area contributed by atoms with Gasteiger partial charge in [0, 0.05) is 16.5 Å². The first kappa shape index (κ1) is 21.4. The summed E-state index contributed by atoms with van der Waals surface area (Å²) in [6.45, 7) is 7.20. The zero-order valence-corrected chi connectivity index (χ0v) is 18.4. The Labute approximate surface area is 175 Å². The summed E-state index contributed by atoms with van der Waals surface area (Å²) in [6.07, 6.45) is 0. The number of hydrogen-bond acceptors (Lipinski definition) is 5. The van der Waals surface area contributed by atoms with Gasteiger partial charge in [0.25, 0.3) is 0 Å². The molecule has 0 fully saturated rings. The average Bonchev–Trinajstić information content (AvgIpc) is 2.64. The third-order valence-electron chi connectivity index (χ3n) is 4.81. The molecule has 2 aromatic rings. The maximum atomic E-state index is 12.9. The van der Waals surface area contributed by atoms with Gasteiger partial charge in [0.2, 0.25) is 11.8 Å². The standard InChI is InChI=1S/C21H24N2O4S2/c1-12-5-6-13(2)17(9-12)22-20(24)14(3)11-29(26,27)16-7-8-19-18(10-16)23-21(25)15(4)28-19/h5-10,14-15H,11H2,1-4H3,(H,22,24)(H,23,25)/t14-,15-/m1/s1. The molecule has 8 heteroatoms. The van der Waals surface area contributed by atoms with Crippen LogP contribution in [0.25, 0.3) is 0 Å². The quantitative estimate of drug-likeness (QED) is 0.750. The van der Waals surface area contributed by atoms with Gasteiger partial charge in [0.15, 0.2) is 9.84 Å². The van der Waals surface area contributed by atoms with E-state index in [1.165, 1.54) is 23.9 Å². The van der Waals surface area contributed by atoms with E-state index in [1.54, 1.807) is 19.9 Å². The van der Waals surface area contributed by atoms with Gasteiger partial charge < -0.3 is 10.6 Å². The Morgan fingerprint density at radius 1 is 1.21 bits per heavy atom. The lowest BCUT2D eigenvalue weighted by molar-refractivity contribution is -0.119. The lowest BCUT2D eigenvalue weighted by Crippen LogP contribution is -2.28. The fourth-order valence-electron chi connectivity index (χ4n) is 3.01. The molecule has 3 rings (SSSR count). The molecule has 0 unspecified atom stereocenters. The largest absolute Gasteiger partial charge is 0.326 e. The van der Waals surface area contributed by atoms with Crippen molar-refractivity contribution < 1.29 is 18.0 Å². The van der Waals surface area contributed by atoms with Crippen LogP contribution in [0.3, 0.4) is 0 Å². The monoisotopic (exact) mass is 432 g/mol. The van der Waals surface area contributed by atoms with Gasteiger partial charge in [-0.25, -0.2) is 8.42 Å². The third kappa shape index (κ3) is 4.82. The average molecular weight is 433 g/mol. The second-order valence-electron chi connectivity index (χ2n) is 7.40. The SMILES string of the molecule is Cc1ccc(C)c(NC(=O)[C@H](C)CS(=O)(=O)c2ccc3c(c2)NC(=O)[C@@H](C)S3)c1. The van der Waals surface area contributed by atoms with E-state index in [9.17, 15) is 18.0 Å². The molecule has 0 spiro atoms. The number of rotatable bonds is 5. The molecule has 1 aliphatic heterocycles. The lowest BCUT2D eigenvalue weighted by Gasteiger charge is -2.22. The number of thioether (sulfide) groups is 1. The van der Waals surface area contributed by atoms with Gasteiger partial charge in [-0.15, -0.1) is 11.8 Å². The highest BCUT2D eigenvalue weighted by Crippen LogP contribution is 2.37. The van der Waals surface area contributed by atoms with Crippen molar-refractivity contribution in [3.63, 3.8) is 0 Å². The maximum Gasteiger partial charge on any atom is 0.237 e. The van der Waals surface area contributed by atoms with E-state index in [0.29, 0.717) is 11.4 Å². The number of hydrogen-bond donors (Lipinski definition) is 2. The summed E-state index contributed by atoms with van der Waals surface area (Å²) < 4.78 is 25.7. The van der Waals surface area contributed by atoms with E-state index in [2.05, 4.69) is 10.6 Å². The summed E-state index contributed by atoms with van der Waals surface area (Å²) in [5.41, 5.74) is 3.10. The van der Waals surface area contributed by atoms with Crippen molar-refractivity contribution >= 4 is 44.8 Å². The minimum Gasteiger partial charge on any atom is -0.326 e. The van der Waals surface area contributed by atoms with E-state index >= 15 is 0 Å². The van der Waals surface area contributed by atoms with Crippen LogP contribution in [0.15, 0.2) is 46.2 Å². The smallest absolute Gasteiger partial charge is 0.237 e. The van der Waals surface area contributed by atoms with Crippen LogP contribution in [0.5, 0.6) is 0 Å². The first-order chi connectivity index (χ1) is 13.6. The van der Waals surface area contributed by atoms with Gasteiger partial charge in [-0.3, -0.25) is 9.59 Å². The van der Waals surface area contributed by atoms with Crippen molar-refractivity contribution in [1.29, 1.82) is 0 Å². The van der Waals surface area contributed by atoms with Crippen LogP contribution < -0.4 is 10.6 Å². The molecule has 29 heavy (non-hydrogen) atoms. The number of fused-ring (bicyclic) bond motifs is 1. The van der Waals surface area contributed by atoms with Crippen molar-refractivity contribution in [1.82, 2.24) is 0 Å². The number of anilines is 2. The van der Waals surface area contributed by atoms with Gasteiger partial charge in [-0.2, -0.15) is 0 Å². The molecular weight excluding hydrogens is 408 g/mol. The maximum absolute atomic E-state index is 12.9. The van der Waals surface area contributed by atoms with Crippen LogP contribution in [0.1, 0.15) is 25.0 Å². The van der Waals surface area contributed by atoms with Crippen molar-refractivity contribution in [2.45, 2.75) is 42.7 Å². The molecule has 0 bridgehead atoms. The van der Waals surface area contributed by atoms with Crippen LogP contribution in [-0.2, 0) is 19.4 Å². The molecule has 2 atom stereocenters. The molecule has 0 saturated carbocycles. The number of carbonyl (C=O) groups excluding carboxylic acids is 2. The molecule has 154 valence electrons. The summed E-state index contributed by atoms with van der Waals surface area (Å²) >= 11 is 1.39. The fraction of sp³-hybridized carbons (Fsp3) is 0.333. The van der Waals surface area contributed by atoms with Crippen molar-refractivity contribution in [3.05, 3.63) is 47.5 Å². The van der Waals surface area contributed by atoms with Crippen LogP contribution in [0.2, 0.25) is 0 Å². The topological polar surface area (TPSA) is 92.3 Å². The molecular formula is C21H24N2O4S2. The lowest BCUT2D eigenvalue weighted by atomic mass is 10.1. The summed E-state index contributed by atoms with van der Waals surface area (Å²) in [4.78, 5) is 25.4. The van der Waals surface area contributed by atoms with Gasteiger partial charge in [0.05, 0.1) is 21.6 Å². The van der Waals surface area contributed by atoms with E-state index in [4.69, 9.17) is 0 Å². The predicted molar refractivity (Wildman–Crippen MR) is 116 cm³/mol. The Bertz CT molecular complexity index is 1080. The molecule has 6 nitrogen and oxygen atoms in total.